The Labute approximate surface area is 116 Å². The summed E-state index contributed by atoms with van der Waals surface area (Å²) in [5, 5.41) is 12.0. The van der Waals surface area contributed by atoms with E-state index in [0.29, 0.717) is 12.0 Å². The predicted molar refractivity (Wildman–Crippen MR) is 78.0 cm³/mol. The largest absolute Gasteiger partial charge is 0.380 e. The molecule has 1 unspecified atom stereocenters. The first-order chi connectivity index (χ1) is 9.66. The lowest BCUT2D eigenvalue weighted by molar-refractivity contribution is 0.0741. The van der Waals surface area contributed by atoms with Crippen LogP contribution in [0, 0.1) is 5.82 Å². The van der Waals surface area contributed by atoms with E-state index in [-0.39, 0.29) is 5.82 Å². The molecule has 0 radical (unpaired) electrons. The van der Waals surface area contributed by atoms with E-state index >= 15 is 0 Å². The van der Waals surface area contributed by atoms with Crippen LogP contribution in [0.4, 0.5) is 4.39 Å². The number of fused-ring (bicyclic) bond motifs is 1. The Bertz CT molecular complexity index is 749. The summed E-state index contributed by atoms with van der Waals surface area (Å²) in [7, 11) is 0. The van der Waals surface area contributed by atoms with Crippen molar-refractivity contribution in [2.75, 3.05) is 0 Å². The van der Waals surface area contributed by atoms with Crippen molar-refractivity contribution in [3.05, 3.63) is 71.7 Å². The minimum atomic E-state index is -1.33. The van der Waals surface area contributed by atoms with E-state index in [1.54, 1.807) is 18.2 Å². The molecule has 0 aliphatic rings. The average Bonchev–Trinajstić information content (AvgIpc) is 2.95. The Kier molecular flexibility index (Phi) is 3.07. The van der Waals surface area contributed by atoms with Crippen molar-refractivity contribution >= 4 is 10.9 Å². The molecule has 3 heteroatoms. The highest BCUT2D eigenvalue weighted by Crippen LogP contribution is 2.37. The first-order valence-electron chi connectivity index (χ1n) is 6.71. The van der Waals surface area contributed by atoms with Gasteiger partial charge in [-0.05, 0) is 30.2 Å². The molecule has 2 nitrogen and oxygen atoms in total. The third-order valence-corrected chi connectivity index (χ3v) is 3.87. The van der Waals surface area contributed by atoms with Gasteiger partial charge in [0.25, 0.3) is 0 Å². The SMILES string of the molecule is CCC(O)(c1ccccc1F)c1cccc2[nH]ccc12. The number of halogens is 1. The number of hydrogen-bond acceptors (Lipinski definition) is 1. The van der Waals surface area contributed by atoms with Gasteiger partial charge in [-0.1, -0.05) is 37.3 Å². The fraction of sp³-hybridized carbons (Fsp3) is 0.176. The molecule has 2 aromatic carbocycles. The predicted octanol–water partition coefficient (Wildman–Crippen LogP) is 3.95. The lowest BCUT2D eigenvalue weighted by Gasteiger charge is -2.29. The lowest BCUT2D eigenvalue weighted by atomic mass is 9.82. The van der Waals surface area contributed by atoms with Crippen LogP contribution < -0.4 is 0 Å². The minimum absolute atomic E-state index is 0.316. The molecule has 3 aromatic rings. The molecule has 0 amide bonds. The highest BCUT2D eigenvalue weighted by Gasteiger charge is 2.33. The van der Waals surface area contributed by atoms with Crippen molar-refractivity contribution in [1.29, 1.82) is 0 Å². The van der Waals surface area contributed by atoms with Gasteiger partial charge in [-0.25, -0.2) is 4.39 Å². The molecule has 0 aliphatic carbocycles. The van der Waals surface area contributed by atoms with E-state index < -0.39 is 5.60 Å². The maximum Gasteiger partial charge on any atom is 0.129 e. The molecule has 1 aromatic heterocycles. The first kappa shape index (κ1) is 12.9. The zero-order valence-corrected chi connectivity index (χ0v) is 11.2. The number of nitrogens with one attached hydrogen (secondary N) is 1. The van der Waals surface area contributed by atoms with Gasteiger partial charge in [-0.15, -0.1) is 0 Å². The van der Waals surface area contributed by atoms with Crippen molar-refractivity contribution in [2.45, 2.75) is 18.9 Å². The second-order valence-corrected chi connectivity index (χ2v) is 4.94. The Morgan fingerprint density at radius 1 is 1.05 bits per heavy atom. The van der Waals surface area contributed by atoms with Gasteiger partial charge in [0, 0.05) is 22.7 Å². The van der Waals surface area contributed by atoms with Crippen LogP contribution >= 0.6 is 0 Å². The summed E-state index contributed by atoms with van der Waals surface area (Å²) < 4.78 is 14.1. The summed E-state index contributed by atoms with van der Waals surface area (Å²) in [5.41, 5.74) is 0.651. The molecule has 102 valence electrons. The summed E-state index contributed by atoms with van der Waals surface area (Å²) in [6.45, 7) is 1.86. The van der Waals surface area contributed by atoms with Crippen molar-refractivity contribution in [2.24, 2.45) is 0 Å². The topological polar surface area (TPSA) is 36.0 Å². The molecular formula is C17H16FNO. The van der Waals surface area contributed by atoms with Crippen molar-refractivity contribution in [3.8, 4) is 0 Å². The third kappa shape index (κ3) is 1.82. The molecule has 20 heavy (non-hydrogen) atoms. The number of aromatic nitrogens is 1. The van der Waals surface area contributed by atoms with E-state index in [1.165, 1.54) is 6.07 Å². The average molecular weight is 269 g/mol. The number of aliphatic hydroxyl groups is 1. The molecule has 1 heterocycles. The van der Waals surface area contributed by atoms with E-state index in [2.05, 4.69) is 4.98 Å². The van der Waals surface area contributed by atoms with Crippen molar-refractivity contribution in [3.63, 3.8) is 0 Å². The number of benzene rings is 2. The molecule has 1 atom stereocenters. The summed E-state index contributed by atoms with van der Waals surface area (Å²) >= 11 is 0. The highest BCUT2D eigenvalue weighted by atomic mass is 19.1. The van der Waals surface area contributed by atoms with Gasteiger partial charge in [0.05, 0.1) is 0 Å². The molecule has 0 aliphatic heterocycles. The van der Waals surface area contributed by atoms with Crippen LogP contribution in [-0.4, -0.2) is 10.1 Å². The van der Waals surface area contributed by atoms with Gasteiger partial charge in [-0.2, -0.15) is 0 Å². The van der Waals surface area contributed by atoms with Gasteiger partial charge in [0.2, 0.25) is 0 Å². The standard InChI is InChI=1S/C17H16FNO/c1-2-17(20,14-6-3-4-8-15(14)18)13-7-5-9-16-12(13)10-11-19-16/h3-11,19-20H,2H2,1H3. The van der Waals surface area contributed by atoms with Crippen LogP contribution in [0.3, 0.4) is 0 Å². The number of H-pyrrole nitrogens is 1. The maximum absolute atomic E-state index is 14.1. The van der Waals surface area contributed by atoms with Gasteiger partial charge >= 0.3 is 0 Å². The Balaban J connectivity index is 2.28. The highest BCUT2D eigenvalue weighted by molar-refractivity contribution is 5.84. The molecule has 0 saturated heterocycles. The quantitative estimate of drug-likeness (QED) is 0.742. The van der Waals surface area contributed by atoms with Crippen molar-refractivity contribution in [1.82, 2.24) is 4.98 Å². The third-order valence-electron chi connectivity index (χ3n) is 3.87. The van der Waals surface area contributed by atoms with Gasteiger partial charge in [0.15, 0.2) is 0 Å². The summed E-state index contributed by atoms with van der Waals surface area (Å²) in [4.78, 5) is 3.12. The van der Waals surface area contributed by atoms with Gasteiger partial charge < -0.3 is 10.1 Å². The smallest absolute Gasteiger partial charge is 0.129 e. The Hall–Kier alpha value is -2.13. The summed E-state index contributed by atoms with van der Waals surface area (Å²) in [6.07, 6.45) is 2.23. The Morgan fingerprint density at radius 2 is 1.80 bits per heavy atom. The molecule has 3 rings (SSSR count). The fourth-order valence-electron chi connectivity index (χ4n) is 2.77. The monoisotopic (exact) mass is 269 g/mol. The van der Waals surface area contributed by atoms with E-state index in [9.17, 15) is 9.50 Å². The van der Waals surface area contributed by atoms with Crippen LogP contribution in [-0.2, 0) is 5.60 Å². The second kappa shape index (κ2) is 4.76. The lowest BCUT2D eigenvalue weighted by Crippen LogP contribution is -2.27. The van der Waals surface area contributed by atoms with Gasteiger partial charge in [0.1, 0.15) is 11.4 Å². The van der Waals surface area contributed by atoms with Crippen LogP contribution in [0.15, 0.2) is 54.7 Å². The van der Waals surface area contributed by atoms with Crippen molar-refractivity contribution < 1.29 is 9.50 Å². The number of rotatable bonds is 3. The molecule has 0 saturated carbocycles. The minimum Gasteiger partial charge on any atom is -0.380 e. The van der Waals surface area contributed by atoms with E-state index in [1.807, 2.05) is 37.4 Å². The molecular weight excluding hydrogens is 253 g/mol. The first-order valence-corrected chi connectivity index (χ1v) is 6.71. The fourth-order valence-corrected chi connectivity index (χ4v) is 2.77. The number of hydrogen-bond donors (Lipinski definition) is 2. The molecule has 0 spiro atoms. The molecule has 0 bridgehead atoms. The number of aromatic amines is 1. The van der Waals surface area contributed by atoms with E-state index in [0.717, 1.165) is 16.5 Å². The summed E-state index contributed by atoms with van der Waals surface area (Å²) in [6, 6.07) is 14.0. The van der Waals surface area contributed by atoms with E-state index in [4.69, 9.17) is 0 Å². The zero-order chi connectivity index (χ0) is 14.2. The van der Waals surface area contributed by atoms with Crippen LogP contribution in [0.5, 0.6) is 0 Å². The normalized spacial score (nSPS) is 14.3. The molecule has 0 fully saturated rings. The summed E-state index contributed by atoms with van der Waals surface area (Å²) in [5.74, 6) is -0.385. The Morgan fingerprint density at radius 3 is 2.55 bits per heavy atom. The van der Waals surface area contributed by atoms with Crippen LogP contribution in [0.2, 0.25) is 0 Å². The van der Waals surface area contributed by atoms with Crippen LogP contribution in [0.1, 0.15) is 24.5 Å². The van der Waals surface area contributed by atoms with Crippen LogP contribution in [0.25, 0.3) is 10.9 Å². The molecule has 2 N–H and O–H groups in total. The zero-order valence-electron chi connectivity index (χ0n) is 11.2. The maximum atomic E-state index is 14.1. The second-order valence-electron chi connectivity index (χ2n) is 4.94. The van der Waals surface area contributed by atoms with Gasteiger partial charge in [-0.3, -0.25) is 0 Å².